The summed E-state index contributed by atoms with van der Waals surface area (Å²) in [4.78, 5) is 0. The second-order valence-corrected chi connectivity index (χ2v) is 6.90. The van der Waals surface area contributed by atoms with Crippen molar-refractivity contribution in [3.05, 3.63) is 12.3 Å². The van der Waals surface area contributed by atoms with E-state index in [0.717, 1.165) is 25.3 Å². The molecule has 0 unspecified atom stereocenters. The third-order valence-electron chi connectivity index (χ3n) is 3.18. The molecule has 0 atom stereocenters. The van der Waals surface area contributed by atoms with Crippen LogP contribution in [0.2, 0.25) is 0 Å². The highest BCUT2D eigenvalue weighted by Gasteiger charge is 2.86. The molecule has 0 rings (SSSR count). The summed E-state index contributed by atoms with van der Waals surface area (Å²) in [5, 5.41) is -6.83. The maximum absolute atomic E-state index is 13.2. The van der Waals surface area contributed by atoms with Crippen LogP contribution in [0.1, 0.15) is 45.4 Å². The molecular weight excluding hydrogens is 407 g/mol. The van der Waals surface area contributed by atoms with Gasteiger partial charge < -0.3 is 4.18 Å². The Bertz CT molecular complexity index is 568. The third-order valence-corrected chi connectivity index (χ3v) is 4.43. The molecule has 0 aliphatic heterocycles. The second kappa shape index (κ2) is 8.70. The molecule has 0 N–H and O–H groups in total. The van der Waals surface area contributed by atoms with Crippen LogP contribution in [0, 0.1) is 0 Å². The average Bonchev–Trinajstić information content (AvgIpc) is 2.48. The normalized spacial score (nSPS) is 14.8. The lowest BCUT2D eigenvalue weighted by molar-refractivity contribution is -0.382. The van der Waals surface area contributed by atoms with Crippen LogP contribution in [0.3, 0.4) is 0 Å². The number of hydrogen-bond acceptors (Lipinski definition) is 3. The average molecular weight is 424 g/mol. The summed E-state index contributed by atoms with van der Waals surface area (Å²) < 4.78 is 139. The zero-order valence-corrected chi connectivity index (χ0v) is 14.2. The van der Waals surface area contributed by atoms with E-state index in [1.54, 1.807) is 0 Å². The highest BCUT2D eigenvalue weighted by atomic mass is 32.2. The first-order valence-electron chi connectivity index (χ1n) is 7.34. The quantitative estimate of drug-likeness (QED) is 0.187. The summed E-state index contributed by atoms with van der Waals surface area (Å²) in [5.41, 5.74) is 0. The van der Waals surface area contributed by atoms with Crippen molar-refractivity contribution in [2.45, 2.75) is 68.7 Å². The lowest BCUT2D eigenvalue weighted by Gasteiger charge is -2.32. The molecule has 0 spiro atoms. The Morgan fingerprint density at radius 3 is 1.77 bits per heavy atom. The van der Waals surface area contributed by atoms with E-state index in [9.17, 15) is 47.9 Å². The SMILES string of the molecule is CCCCCCC/C=C/OS(=O)(=O)C(F)(F)C(F)(F)C(F)(F)C(F)(F)F. The van der Waals surface area contributed by atoms with Gasteiger partial charge in [0.15, 0.2) is 0 Å². The van der Waals surface area contributed by atoms with E-state index >= 15 is 0 Å². The van der Waals surface area contributed by atoms with Gasteiger partial charge in [0.25, 0.3) is 0 Å². The number of unbranched alkanes of at least 4 members (excludes halogenated alkanes) is 5. The van der Waals surface area contributed by atoms with Gasteiger partial charge in [-0.15, -0.1) is 0 Å². The summed E-state index contributed by atoms with van der Waals surface area (Å²) in [7, 11) is -6.81. The van der Waals surface area contributed by atoms with Gasteiger partial charge in [0.2, 0.25) is 0 Å². The second-order valence-electron chi connectivity index (χ2n) is 5.29. The predicted molar refractivity (Wildman–Crippen MR) is 73.4 cm³/mol. The van der Waals surface area contributed by atoms with Gasteiger partial charge in [0.05, 0.1) is 0 Å². The number of alkyl halides is 9. The van der Waals surface area contributed by atoms with Crippen molar-refractivity contribution < 1.29 is 52.1 Å². The molecule has 0 saturated carbocycles. The Labute approximate surface area is 144 Å². The molecule has 0 bridgehead atoms. The van der Waals surface area contributed by atoms with Gasteiger partial charge in [-0.2, -0.15) is 47.9 Å². The largest absolute Gasteiger partial charge is 0.460 e. The fraction of sp³-hybridized carbons (Fsp3) is 0.846. The molecule has 0 aromatic rings. The molecule has 156 valence electrons. The minimum atomic E-state index is -7.30. The molecule has 0 radical (unpaired) electrons. The van der Waals surface area contributed by atoms with Crippen LogP contribution >= 0.6 is 0 Å². The maximum Gasteiger partial charge on any atom is 0.460 e. The molecule has 0 aromatic carbocycles. The molecule has 0 saturated heterocycles. The van der Waals surface area contributed by atoms with Crippen molar-refractivity contribution in [2.75, 3.05) is 0 Å². The highest BCUT2D eigenvalue weighted by molar-refractivity contribution is 7.88. The van der Waals surface area contributed by atoms with Gasteiger partial charge >= 0.3 is 33.4 Å². The van der Waals surface area contributed by atoms with Crippen molar-refractivity contribution in [3.63, 3.8) is 0 Å². The first-order chi connectivity index (χ1) is 11.6. The van der Waals surface area contributed by atoms with E-state index in [0.29, 0.717) is 12.8 Å². The van der Waals surface area contributed by atoms with Crippen molar-refractivity contribution in [1.29, 1.82) is 0 Å². The van der Waals surface area contributed by atoms with Gasteiger partial charge in [0.1, 0.15) is 6.26 Å². The van der Waals surface area contributed by atoms with Gasteiger partial charge in [-0.25, -0.2) is 0 Å². The Morgan fingerprint density at radius 1 is 0.808 bits per heavy atom. The Kier molecular flexibility index (Phi) is 8.32. The molecule has 0 heterocycles. The molecule has 26 heavy (non-hydrogen) atoms. The summed E-state index contributed by atoms with van der Waals surface area (Å²) >= 11 is 0. The molecule has 0 aliphatic carbocycles. The molecule has 0 aliphatic rings. The zero-order chi connectivity index (χ0) is 20.9. The van der Waals surface area contributed by atoms with E-state index in [-0.39, 0.29) is 12.7 Å². The number of rotatable bonds is 11. The van der Waals surface area contributed by atoms with Crippen LogP contribution in [0.4, 0.5) is 39.5 Å². The summed E-state index contributed by atoms with van der Waals surface area (Å²) in [6, 6.07) is 0. The number of hydrogen-bond donors (Lipinski definition) is 0. The first kappa shape index (κ1) is 24.9. The third kappa shape index (κ3) is 5.19. The number of halogens is 9. The van der Waals surface area contributed by atoms with Gasteiger partial charge in [-0.05, 0) is 18.9 Å². The number of allylic oxidation sites excluding steroid dienone is 1. The van der Waals surface area contributed by atoms with Crippen LogP contribution in [0.5, 0.6) is 0 Å². The molecule has 0 amide bonds. The van der Waals surface area contributed by atoms with Gasteiger partial charge in [-0.3, -0.25) is 0 Å². The zero-order valence-electron chi connectivity index (χ0n) is 13.4. The Hall–Kier alpha value is -1.14. The molecule has 0 aromatic heterocycles. The summed E-state index contributed by atoms with van der Waals surface area (Å²) in [5.74, 6) is -14.6. The minimum Gasteiger partial charge on any atom is -0.386 e. The van der Waals surface area contributed by atoms with Crippen LogP contribution in [0.15, 0.2) is 12.3 Å². The van der Waals surface area contributed by atoms with E-state index in [1.807, 2.05) is 6.92 Å². The smallest absolute Gasteiger partial charge is 0.386 e. The fourth-order valence-electron chi connectivity index (χ4n) is 1.62. The van der Waals surface area contributed by atoms with E-state index < -0.39 is 33.4 Å². The molecule has 13 heteroatoms. The van der Waals surface area contributed by atoms with Crippen molar-refractivity contribution in [2.24, 2.45) is 0 Å². The highest BCUT2D eigenvalue weighted by Crippen LogP contribution is 2.54. The summed E-state index contributed by atoms with van der Waals surface area (Å²) in [6.07, 6.45) is -2.28. The van der Waals surface area contributed by atoms with Crippen molar-refractivity contribution >= 4 is 10.1 Å². The fourth-order valence-corrected chi connectivity index (χ4v) is 2.41. The Morgan fingerprint density at radius 2 is 1.31 bits per heavy atom. The van der Waals surface area contributed by atoms with E-state index in [2.05, 4.69) is 4.18 Å². The lowest BCUT2D eigenvalue weighted by Crippen LogP contribution is -2.63. The van der Waals surface area contributed by atoms with Crippen LogP contribution in [0.25, 0.3) is 0 Å². The maximum atomic E-state index is 13.2. The first-order valence-corrected chi connectivity index (χ1v) is 8.75. The lowest BCUT2D eigenvalue weighted by atomic mass is 10.1. The van der Waals surface area contributed by atoms with E-state index in [1.165, 1.54) is 0 Å². The molecular formula is C13H17F9O3S. The minimum absolute atomic E-state index is 0.0326. The van der Waals surface area contributed by atoms with Crippen LogP contribution in [-0.2, 0) is 14.3 Å². The van der Waals surface area contributed by atoms with Crippen LogP contribution in [-0.4, -0.2) is 31.7 Å². The molecule has 0 fully saturated rings. The Balaban J connectivity index is 5.10. The molecule has 3 nitrogen and oxygen atoms in total. The topological polar surface area (TPSA) is 43.4 Å². The van der Waals surface area contributed by atoms with Gasteiger partial charge in [0, 0.05) is 0 Å². The van der Waals surface area contributed by atoms with Gasteiger partial charge in [-0.1, -0.05) is 32.6 Å². The standard InChI is InChI=1S/C13H17F9O3S/c1-2-3-4-5-6-7-8-9-25-26(23,24)13(21,22)11(16,17)10(14,15)12(18,19)20/h8-9H,2-7H2,1H3/b9-8+. The summed E-state index contributed by atoms with van der Waals surface area (Å²) in [6.45, 7) is 1.94. The monoisotopic (exact) mass is 424 g/mol. The van der Waals surface area contributed by atoms with E-state index in [4.69, 9.17) is 0 Å². The van der Waals surface area contributed by atoms with Crippen molar-refractivity contribution in [3.8, 4) is 0 Å². The predicted octanol–water partition coefficient (Wildman–Crippen LogP) is 5.63. The van der Waals surface area contributed by atoms with Crippen LogP contribution < -0.4 is 0 Å². The van der Waals surface area contributed by atoms with Crippen molar-refractivity contribution in [1.82, 2.24) is 0 Å².